The third-order valence-corrected chi connectivity index (χ3v) is 4.07. The maximum atomic E-state index is 11.4. The lowest BCUT2D eigenvalue weighted by atomic mass is 9.96. The Morgan fingerprint density at radius 1 is 0.955 bits per heavy atom. The van der Waals surface area contributed by atoms with Crippen LogP contribution in [0.3, 0.4) is 0 Å². The van der Waals surface area contributed by atoms with Gasteiger partial charge in [0.1, 0.15) is 0 Å². The largest absolute Gasteiger partial charge is 0.337 e. The lowest BCUT2D eigenvalue weighted by Gasteiger charge is -2.41. The van der Waals surface area contributed by atoms with Gasteiger partial charge in [0.15, 0.2) is 6.23 Å². The van der Waals surface area contributed by atoms with Crippen molar-refractivity contribution in [3.05, 3.63) is 84.1 Å². The molecule has 22 heavy (non-hydrogen) atoms. The molecule has 1 atom stereocenters. The fraction of sp³-hybridized carbons (Fsp3) is 0.176. The average Bonchev–Trinajstić information content (AvgIpc) is 2.50. The van der Waals surface area contributed by atoms with Gasteiger partial charge in [0.2, 0.25) is 0 Å². The van der Waals surface area contributed by atoms with Crippen LogP contribution in [0.25, 0.3) is 0 Å². The van der Waals surface area contributed by atoms with Crippen molar-refractivity contribution in [3.63, 3.8) is 0 Å². The molecule has 0 bridgehead atoms. The summed E-state index contributed by atoms with van der Waals surface area (Å²) in [6.45, 7) is 0. The van der Waals surface area contributed by atoms with E-state index in [1.165, 1.54) is 0 Å². The smallest absolute Gasteiger partial charge is 0.266 e. The number of benzene rings is 2. The van der Waals surface area contributed by atoms with Crippen LogP contribution in [0.1, 0.15) is 17.2 Å². The first-order valence-electron chi connectivity index (χ1n) is 6.98. The lowest BCUT2D eigenvalue weighted by Crippen LogP contribution is -2.42. The summed E-state index contributed by atoms with van der Waals surface area (Å²) in [5, 5.41) is 0. The summed E-state index contributed by atoms with van der Waals surface area (Å²) in [7, 11) is -3.51. The summed E-state index contributed by atoms with van der Waals surface area (Å²) in [6, 6.07) is 19.8. The van der Waals surface area contributed by atoms with Gasteiger partial charge in [-0.2, -0.15) is 8.42 Å². The molecule has 1 aliphatic heterocycles. The van der Waals surface area contributed by atoms with Gasteiger partial charge < -0.3 is 4.90 Å². The van der Waals surface area contributed by atoms with Crippen LogP contribution >= 0.6 is 0 Å². The summed E-state index contributed by atoms with van der Waals surface area (Å²) in [6.07, 6.45) is 4.10. The molecule has 0 fully saturated rings. The van der Waals surface area contributed by atoms with E-state index < -0.39 is 16.3 Å². The van der Waals surface area contributed by atoms with Crippen molar-refractivity contribution in [3.8, 4) is 0 Å². The topological polar surface area (TPSA) is 46.6 Å². The van der Waals surface area contributed by atoms with E-state index in [-0.39, 0.29) is 6.04 Å². The molecule has 2 aromatic carbocycles. The van der Waals surface area contributed by atoms with Gasteiger partial charge in [-0.05, 0) is 17.2 Å². The van der Waals surface area contributed by atoms with Gasteiger partial charge in [-0.15, -0.1) is 0 Å². The minimum Gasteiger partial charge on any atom is -0.337 e. The molecule has 0 aliphatic carbocycles. The van der Waals surface area contributed by atoms with Gasteiger partial charge in [-0.25, -0.2) is 4.18 Å². The van der Waals surface area contributed by atoms with E-state index in [0.717, 1.165) is 17.4 Å². The SMILES string of the molecule is CS(=O)(=O)OC1C=CN1C(c1ccccc1)c1ccccc1. The Morgan fingerprint density at radius 3 is 1.82 bits per heavy atom. The summed E-state index contributed by atoms with van der Waals surface area (Å²) < 4.78 is 27.9. The number of nitrogens with zero attached hydrogens (tertiary/aromatic N) is 1. The van der Waals surface area contributed by atoms with Gasteiger partial charge in [-0.3, -0.25) is 0 Å². The molecule has 1 heterocycles. The highest BCUT2D eigenvalue weighted by Crippen LogP contribution is 2.35. The van der Waals surface area contributed by atoms with Crippen LogP contribution in [-0.4, -0.2) is 25.8 Å². The van der Waals surface area contributed by atoms with Crippen LogP contribution in [0.2, 0.25) is 0 Å². The zero-order valence-electron chi connectivity index (χ0n) is 12.2. The Balaban J connectivity index is 1.96. The number of hydrogen-bond donors (Lipinski definition) is 0. The first-order valence-corrected chi connectivity index (χ1v) is 8.80. The molecule has 0 saturated carbocycles. The number of rotatable bonds is 5. The van der Waals surface area contributed by atoms with Crippen molar-refractivity contribution >= 4 is 10.1 Å². The molecule has 2 aromatic rings. The molecule has 5 heteroatoms. The third kappa shape index (κ3) is 3.21. The van der Waals surface area contributed by atoms with Crippen LogP contribution in [0.5, 0.6) is 0 Å². The Bertz CT molecular complexity index is 718. The molecule has 0 amide bonds. The van der Waals surface area contributed by atoms with Crippen molar-refractivity contribution in [2.45, 2.75) is 12.3 Å². The summed E-state index contributed by atoms with van der Waals surface area (Å²) in [5.41, 5.74) is 2.17. The van der Waals surface area contributed by atoms with Crippen LogP contribution in [0, 0.1) is 0 Å². The maximum Gasteiger partial charge on any atom is 0.266 e. The van der Waals surface area contributed by atoms with Gasteiger partial charge in [0, 0.05) is 6.20 Å². The van der Waals surface area contributed by atoms with Crippen LogP contribution in [-0.2, 0) is 14.3 Å². The lowest BCUT2D eigenvalue weighted by molar-refractivity contribution is 0.0576. The molecule has 1 aliphatic rings. The fourth-order valence-corrected chi connectivity index (χ4v) is 3.08. The Kier molecular flexibility index (Phi) is 4.00. The fourth-order valence-electron chi connectivity index (χ4n) is 2.56. The van der Waals surface area contributed by atoms with Gasteiger partial charge in [0.05, 0.1) is 12.3 Å². The molecule has 1 unspecified atom stereocenters. The first kappa shape index (κ1) is 14.8. The Hall–Kier alpha value is -2.11. The van der Waals surface area contributed by atoms with E-state index in [1.807, 2.05) is 71.8 Å². The van der Waals surface area contributed by atoms with E-state index >= 15 is 0 Å². The summed E-state index contributed by atoms with van der Waals surface area (Å²) >= 11 is 0. The molecule has 0 N–H and O–H groups in total. The van der Waals surface area contributed by atoms with Crippen molar-refractivity contribution < 1.29 is 12.6 Å². The third-order valence-electron chi connectivity index (χ3n) is 3.52. The average molecular weight is 315 g/mol. The molecule has 0 saturated heterocycles. The van der Waals surface area contributed by atoms with Gasteiger partial charge in [0.25, 0.3) is 10.1 Å². The minimum atomic E-state index is -3.51. The van der Waals surface area contributed by atoms with Crippen molar-refractivity contribution in [1.29, 1.82) is 0 Å². The molecular formula is C17H17NO3S. The number of hydrogen-bond acceptors (Lipinski definition) is 4. The zero-order chi connectivity index (χ0) is 15.6. The second-order valence-electron chi connectivity index (χ2n) is 5.20. The predicted octanol–water partition coefficient (Wildman–Crippen LogP) is 2.91. The molecule has 0 aromatic heterocycles. The molecule has 4 nitrogen and oxygen atoms in total. The van der Waals surface area contributed by atoms with Gasteiger partial charge in [-0.1, -0.05) is 60.7 Å². The highest BCUT2D eigenvalue weighted by Gasteiger charge is 2.32. The van der Waals surface area contributed by atoms with E-state index in [4.69, 9.17) is 4.18 Å². The van der Waals surface area contributed by atoms with Gasteiger partial charge >= 0.3 is 0 Å². The van der Waals surface area contributed by atoms with Crippen LogP contribution < -0.4 is 0 Å². The summed E-state index contributed by atoms with van der Waals surface area (Å²) in [5.74, 6) is 0. The molecule has 0 radical (unpaired) electrons. The molecule has 0 spiro atoms. The monoisotopic (exact) mass is 315 g/mol. The standard InChI is InChI=1S/C17H17NO3S/c1-22(19,20)21-16-12-13-18(16)17(14-8-4-2-5-9-14)15-10-6-3-7-11-15/h2-13,16-17H,1H3. The highest BCUT2D eigenvalue weighted by atomic mass is 32.2. The second-order valence-corrected chi connectivity index (χ2v) is 6.80. The normalized spacial score (nSPS) is 17.5. The molecular weight excluding hydrogens is 298 g/mol. The maximum absolute atomic E-state index is 11.4. The summed E-state index contributed by atoms with van der Waals surface area (Å²) in [4.78, 5) is 1.91. The van der Waals surface area contributed by atoms with Crippen LogP contribution in [0.15, 0.2) is 72.9 Å². The van der Waals surface area contributed by atoms with Crippen molar-refractivity contribution in [1.82, 2.24) is 4.90 Å². The Morgan fingerprint density at radius 2 is 1.45 bits per heavy atom. The predicted molar refractivity (Wildman–Crippen MR) is 85.4 cm³/mol. The van der Waals surface area contributed by atoms with E-state index in [9.17, 15) is 8.42 Å². The van der Waals surface area contributed by atoms with Crippen LogP contribution in [0.4, 0.5) is 0 Å². The molecule has 3 rings (SSSR count). The second kappa shape index (κ2) is 5.94. The van der Waals surface area contributed by atoms with E-state index in [0.29, 0.717) is 0 Å². The Labute approximate surface area is 130 Å². The van der Waals surface area contributed by atoms with Crippen molar-refractivity contribution in [2.24, 2.45) is 0 Å². The molecule has 114 valence electrons. The van der Waals surface area contributed by atoms with E-state index in [2.05, 4.69) is 0 Å². The van der Waals surface area contributed by atoms with E-state index in [1.54, 1.807) is 6.08 Å². The minimum absolute atomic E-state index is 0.0841. The van der Waals surface area contributed by atoms with Crippen molar-refractivity contribution in [2.75, 3.05) is 6.26 Å². The highest BCUT2D eigenvalue weighted by molar-refractivity contribution is 7.86. The first-order chi connectivity index (χ1) is 10.5. The zero-order valence-corrected chi connectivity index (χ0v) is 13.0. The quantitative estimate of drug-likeness (QED) is 0.796.